The number of aryl methyl sites for hydroxylation is 1. The molecule has 8 heavy (non-hydrogen) atoms. The van der Waals surface area contributed by atoms with Gasteiger partial charge in [0.25, 0.3) is 0 Å². The largest absolute Gasteiger partial charge is 0.274 e. The number of hydrogen-bond acceptors (Lipinski definition) is 1. The minimum Gasteiger partial charge on any atom is -0.274 e. The van der Waals surface area contributed by atoms with E-state index in [9.17, 15) is 0 Å². The first-order valence-corrected chi connectivity index (χ1v) is 2.85. The van der Waals surface area contributed by atoms with E-state index >= 15 is 0 Å². The molecule has 1 aromatic heterocycles. The lowest BCUT2D eigenvalue weighted by Crippen LogP contribution is -1.87. The molecule has 0 saturated carbocycles. The van der Waals surface area contributed by atoms with E-state index in [-0.39, 0.29) is 0 Å². The third-order valence-electron chi connectivity index (χ3n) is 0.786. The van der Waals surface area contributed by atoms with Crippen LogP contribution in [0.2, 0.25) is 0 Å². The molecule has 0 aliphatic carbocycles. The Morgan fingerprint density at radius 3 is 2.88 bits per heavy atom. The van der Waals surface area contributed by atoms with Crippen LogP contribution in [0.5, 0.6) is 0 Å². The smallest absolute Gasteiger partial charge is 0.181 e. The first-order chi connectivity index (χ1) is 3.83. The van der Waals surface area contributed by atoms with Crippen molar-refractivity contribution < 1.29 is 0 Å². The Bertz CT molecular complexity index is 172. The number of aromatic nitrogens is 2. The molecule has 0 unspecified atom stereocenters. The predicted octanol–water partition coefficient (Wildman–Crippen LogP) is 0.966. The molecule has 0 aliphatic rings. The Labute approximate surface area is 56.0 Å². The molecule has 0 bridgehead atoms. The van der Waals surface area contributed by atoms with Gasteiger partial charge in [-0.05, 0) is 0 Å². The second kappa shape index (κ2) is 2.17. The van der Waals surface area contributed by atoms with Gasteiger partial charge in [-0.3, -0.25) is 4.68 Å². The van der Waals surface area contributed by atoms with Gasteiger partial charge in [-0.2, -0.15) is 9.44 Å². The van der Waals surface area contributed by atoms with E-state index in [2.05, 4.69) is 25.6 Å². The second-order valence-electron chi connectivity index (χ2n) is 1.43. The molecule has 43 valence electrons. The van der Waals surface area contributed by atoms with E-state index in [4.69, 9.17) is 0 Å². The van der Waals surface area contributed by atoms with Crippen LogP contribution in [0.4, 0.5) is 5.82 Å². The van der Waals surface area contributed by atoms with Crippen molar-refractivity contribution >= 4 is 22.0 Å². The molecule has 0 atom stereocenters. The number of hydrogen-bond donors (Lipinski definition) is 0. The molecule has 1 rings (SSSR count). The van der Waals surface area contributed by atoms with Crippen LogP contribution in [0, 0.1) is 0 Å². The van der Waals surface area contributed by atoms with Crippen molar-refractivity contribution in [3.63, 3.8) is 0 Å². The molecule has 0 fully saturated rings. The van der Waals surface area contributed by atoms with E-state index in [1.165, 1.54) is 0 Å². The van der Waals surface area contributed by atoms with E-state index < -0.39 is 0 Å². The molecule has 0 amide bonds. The highest BCUT2D eigenvalue weighted by molar-refractivity contribution is 9.08. The van der Waals surface area contributed by atoms with E-state index in [1.54, 1.807) is 4.68 Å². The summed E-state index contributed by atoms with van der Waals surface area (Å²) >= 11 is 2.92. The summed E-state index contributed by atoms with van der Waals surface area (Å²) in [7, 11) is 1.85. The van der Waals surface area contributed by atoms with Gasteiger partial charge in [-0.25, -0.2) is 0 Å². The number of halogens is 1. The van der Waals surface area contributed by atoms with Crippen molar-refractivity contribution in [3.05, 3.63) is 12.3 Å². The molecule has 0 aliphatic heterocycles. The molecule has 0 aromatic carbocycles. The molecule has 4 heteroatoms. The summed E-state index contributed by atoms with van der Waals surface area (Å²) in [6, 6.07) is 1.81. The maximum absolute atomic E-state index is 3.93. The molecule has 3 nitrogen and oxygen atoms in total. The van der Waals surface area contributed by atoms with Gasteiger partial charge in [-0.1, -0.05) is 0 Å². The van der Waals surface area contributed by atoms with Gasteiger partial charge >= 0.3 is 0 Å². The van der Waals surface area contributed by atoms with Crippen molar-refractivity contribution in [1.82, 2.24) is 14.1 Å². The molecule has 1 heterocycles. The summed E-state index contributed by atoms with van der Waals surface area (Å²) in [6.07, 6.45) is 1.83. The predicted molar refractivity (Wildman–Crippen MR) is 33.9 cm³/mol. The van der Waals surface area contributed by atoms with Crippen molar-refractivity contribution in [2.24, 2.45) is 7.05 Å². The fourth-order valence-electron chi connectivity index (χ4n) is 0.448. The first-order valence-electron chi connectivity index (χ1n) is 2.14. The van der Waals surface area contributed by atoms with Crippen LogP contribution in [0.15, 0.2) is 12.3 Å². The zero-order valence-electron chi connectivity index (χ0n) is 4.37. The zero-order valence-corrected chi connectivity index (χ0v) is 5.96. The Morgan fingerprint density at radius 1 is 1.88 bits per heavy atom. The summed E-state index contributed by atoms with van der Waals surface area (Å²) in [5, 5.41) is 3.93. The maximum atomic E-state index is 3.93. The van der Waals surface area contributed by atoms with Crippen molar-refractivity contribution in [2.45, 2.75) is 0 Å². The quantitative estimate of drug-likeness (QED) is 0.625. The minimum atomic E-state index is 0.701. The van der Waals surface area contributed by atoms with Crippen molar-refractivity contribution in [1.29, 1.82) is 0 Å². The fraction of sp³-hybridized carbons (Fsp3) is 0.250. The molecule has 1 radical (unpaired) electrons. The standard InChI is InChI=1S/C4H5BrN3/c1-8-3-2-4(6-5)7-8/h2-3H,1H3. The Kier molecular flexibility index (Phi) is 1.53. The van der Waals surface area contributed by atoms with Crippen molar-refractivity contribution in [3.8, 4) is 0 Å². The normalized spacial score (nSPS) is 9.25. The van der Waals surface area contributed by atoms with Crippen LogP contribution in [0.1, 0.15) is 0 Å². The van der Waals surface area contributed by atoms with Crippen LogP contribution in [0.25, 0.3) is 0 Å². The molecule has 0 N–H and O–H groups in total. The third-order valence-corrected chi connectivity index (χ3v) is 1.15. The second-order valence-corrected chi connectivity index (χ2v) is 1.79. The lowest BCUT2D eigenvalue weighted by atomic mass is 10.7. The highest BCUT2D eigenvalue weighted by Gasteiger charge is 1.90. The maximum Gasteiger partial charge on any atom is 0.181 e. The van der Waals surface area contributed by atoms with Crippen LogP contribution in [-0.4, -0.2) is 9.78 Å². The number of nitrogens with zero attached hydrogens (tertiary/aromatic N) is 3. The average molecular weight is 175 g/mol. The van der Waals surface area contributed by atoms with Gasteiger partial charge in [-0.15, -0.1) is 0 Å². The lowest BCUT2D eigenvalue weighted by molar-refractivity contribution is 0.766. The van der Waals surface area contributed by atoms with E-state index in [1.807, 2.05) is 19.3 Å². The van der Waals surface area contributed by atoms with Crippen molar-refractivity contribution in [2.75, 3.05) is 0 Å². The van der Waals surface area contributed by atoms with E-state index in [0.717, 1.165) is 0 Å². The lowest BCUT2D eigenvalue weighted by Gasteiger charge is -1.82. The highest BCUT2D eigenvalue weighted by atomic mass is 79.9. The Balaban J connectivity index is 2.84. The Hall–Kier alpha value is -0.510. The SMILES string of the molecule is Cn1ccc([N]Br)n1. The van der Waals surface area contributed by atoms with Gasteiger partial charge in [0.2, 0.25) is 0 Å². The van der Waals surface area contributed by atoms with Gasteiger partial charge < -0.3 is 0 Å². The van der Waals surface area contributed by atoms with E-state index in [0.29, 0.717) is 5.82 Å². The topological polar surface area (TPSA) is 31.9 Å². The van der Waals surface area contributed by atoms with Crippen LogP contribution >= 0.6 is 16.1 Å². The molecular weight excluding hydrogens is 170 g/mol. The Morgan fingerprint density at radius 2 is 2.62 bits per heavy atom. The molecule has 0 saturated heterocycles. The fourth-order valence-corrected chi connectivity index (χ4v) is 0.637. The van der Waals surface area contributed by atoms with Gasteiger partial charge in [0.05, 0.1) is 16.1 Å². The van der Waals surface area contributed by atoms with Gasteiger partial charge in [0.15, 0.2) is 5.82 Å². The van der Waals surface area contributed by atoms with Crippen LogP contribution in [-0.2, 0) is 7.05 Å². The first kappa shape index (κ1) is 5.62. The third kappa shape index (κ3) is 1.01. The monoisotopic (exact) mass is 174 g/mol. The molecule has 0 spiro atoms. The van der Waals surface area contributed by atoms with Crippen LogP contribution in [0.3, 0.4) is 0 Å². The van der Waals surface area contributed by atoms with Crippen LogP contribution < -0.4 is 4.34 Å². The molecular formula is C4H5BrN3. The summed E-state index contributed by atoms with van der Waals surface area (Å²) in [4.78, 5) is 0. The number of rotatable bonds is 1. The minimum absolute atomic E-state index is 0.701. The van der Waals surface area contributed by atoms with Gasteiger partial charge in [0, 0.05) is 19.3 Å². The summed E-state index contributed by atoms with van der Waals surface area (Å²) < 4.78 is 5.37. The summed E-state index contributed by atoms with van der Waals surface area (Å²) in [5.41, 5.74) is 0. The highest BCUT2D eigenvalue weighted by Crippen LogP contribution is 2.01. The van der Waals surface area contributed by atoms with Gasteiger partial charge in [0.1, 0.15) is 0 Å². The average Bonchev–Trinajstić information content (AvgIpc) is 2.14. The summed E-state index contributed by atoms with van der Waals surface area (Å²) in [5.74, 6) is 0.701. The molecule has 1 aromatic rings. The zero-order chi connectivity index (χ0) is 5.98. The summed E-state index contributed by atoms with van der Waals surface area (Å²) in [6.45, 7) is 0.